The van der Waals surface area contributed by atoms with Crippen molar-refractivity contribution in [2.45, 2.75) is 12.6 Å². The van der Waals surface area contributed by atoms with Gasteiger partial charge in [0.15, 0.2) is 11.6 Å². The van der Waals surface area contributed by atoms with Crippen LogP contribution in [0.5, 0.6) is 0 Å². The van der Waals surface area contributed by atoms with Gasteiger partial charge in [0.25, 0.3) is 0 Å². The fraction of sp³-hybridized carbons (Fsp3) is 0.273. The smallest absolute Gasteiger partial charge is 0.323 e. The second kappa shape index (κ2) is 4.73. The van der Waals surface area contributed by atoms with E-state index in [4.69, 9.17) is 0 Å². The Morgan fingerprint density at radius 1 is 1.25 bits per heavy atom. The minimum Gasteiger partial charge on any atom is -0.323 e. The number of hydrogen-bond acceptors (Lipinski definition) is 2. The van der Waals surface area contributed by atoms with Crippen LogP contribution in [0.25, 0.3) is 0 Å². The number of benzene rings is 1. The topological polar surface area (TPSA) is 49.4 Å². The van der Waals surface area contributed by atoms with Gasteiger partial charge >= 0.3 is 6.18 Å². The van der Waals surface area contributed by atoms with E-state index in [9.17, 15) is 31.5 Å². The fourth-order valence-corrected chi connectivity index (χ4v) is 1.77. The van der Waals surface area contributed by atoms with Crippen LogP contribution in [0.15, 0.2) is 12.1 Å². The van der Waals surface area contributed by atoms with Crippen molar-refractivity contribution in [2.75, 3.05) is 16.8 Å². The fourth-order valence-electron chi connectivity index (χ4n) is 1.77. The monoisotopic (exact) mass is 294 g/mol. The molecule has 20 heavy (non-hydrogen) atoms. The van der Waals surface area contributed by atoms with Gasteiger partial charge in [0.05, 0.1) is 11.4 Å². The Morgan fingerprint density at radius 2 is 1.85 bits per heavy atom. The quantitative estimate of drug-likeness (QED) is 0.807. The molecule has 0 saturated carbocycles. The number of anilines is 2. The van der Waals surface area contributed by atoms with Gasteiger partial charge in [0.1, 0.15) is 13.0 Å². The number of hydrogen-bond donors (Lipinski definition) is 1. The Balaban J connectivity index is 2.40. The predicted molar refractivity (Wildman–Crippen MR) is 58.0 cm³/mol. The van der Waals surface area contributed by atoms with Crippen molar-refractivity contribution in [3.63, 3.8) is 0 Å². The van der Waals surface area contributed by atoms with Crippen LogP contribution in [-0.2, 0) is 9.59 Å². The van der Waals surface area contributed by atoms with Gasteiger partial charge < -0.3 is 10.2 Å². The highest BCUT2D eigenvalue weighted by Crippen LogP contribution is 2.33. The first-order chi connectivity index (χ1) is 9.17. The van der Waals surface area contributed by atoms with Crippen molar-refractivity contribution in [2.24, 2.45) is 0 Å². The number of carbonyl (C=O) groups is 2. The van der Waals surface area contributed by atoms with E-state index in [-0.39, 0.29) is 11.4 Å². The van der Waals surface area contributed by atoms with Crippen LogP contribution in [0.2, 0.25) is 0 Å². The molecule has 1 N–H and O–H groups in total. The van der Waals surface area contributed by atoms with Gasteiger partial charge in [-0.2, -0.15) is 13.2 Å². The molecule has 1 aromatic carbocycles. The molecule has 0 saturated heterocycles. The first-order valence-electron chi connectivity index (χ1n) is 5.33. The molecule has 1 aliphatic heterocycles. The van der Waals surface area contributed by atoms with Crippen LogP contribution in [0, 0.1) is 11.6 Å². The Hall–Kier alpha value is -2.19. The lowest BCUT2D eigenvalue weighted by Gasteiger charge is -2.29. The van der Waals surface area contributed by atoms with Gasteiger partial charge in [-0.1, -0.05) is 0 Å². The summed E-state index contributed by atoms with van der Waals surface area (Å²) in [6.07, 6.45) is -6.55. The standard InChI is InChI=1S/C11H7F5N2O2/c12-5-1-7-8(2-6(5)13)18(4-9(19)17-7)10(20)3-11(14,15)16/h1-2H,3-4H2,(H,17,19). The van der Waals surface area contributed by atoms with Gasteiger partial charge in [-0.25, -0.2) is 8.78 Å². The SMILES string of the molecule is O=C1CN(C(=O)CC(F)(F)F)c2cc(F)c(F)cc2N1. The van der Waals surface area contributed by atoms with Crippen LogP contribution in [0.3, 0.4) is 0 Å². The molecule has 0 bridgehead atoms. The normalized spacial score (nSPS) is 14.8. The van der Waals surface area contributed by atoms with Crippen molar-refractivity contribution in [3.8, 4) is 0 Å². The molecule has 0 unspecified atom stereocenters. The summed E-state index contributed by atoms with van der Waals surface area (Å²) in [5, 5.41) is 2.15. The minimum atomic E-state index is -4.76. The molecular formula is C11H7F5N2O2. The third-order valence-corrected chi connectivity index (χ3v) is 2.56. The lowest BCUT2D eigenvalue weighted by atomic mass is 10.1. The molecule has 0 aromatic heterocycles. The highest BCUT2D eigenvalue weighted by molar-refractivity contribution is 6.10. The summed E-state index contributed by atoms with van der Waals surface area (Å²) in [6, 6.07) is 1.17. The molecule has 0 atom stereocenters. The van der Waals surface area contributed by atoms with Crippen molar-refractivity contribution in [1.29, 1.82) is 0 Å². The van der Waals surface area contributed by atoms with E-state index < -0.39 is 42.6 Å². The molecule has 0 aliphatic carbocycles. The molecule has 1 heterocycles. The van der Waals surface area contributed by atoms with Crippen LogP contribution in [-0.4, -0.2) is 24.5 Å². The second-order valence-corrected chi connectivity index (χ2v) is 4.10. The van der Waals surface area contributed by atoms with Crippen molar-refractivity contribution >= 4 is 23.2 Å². The molecular weight excluding hydrogens is 287 g/mol. The van der Waals surface area contributed by atoms with E-state index in [1.54, 1.807) is 0 Å². The van der Waals surface area contributed by atoms with Crippen LogP contribution >= 0.6 is 0 Å². The van der Waals surface area contributed by atoms with Gasteiger partial charge in [0, 0.05) is 12.1 Å². The number of fused-ring (bicyclic) bond motifs is 1. The van der Waals surface area contributed by atoms with Gasteiger partial charge in [-0.15, -0.1) is 0 Å². The molecule has 1 aliphatic rings. The number of rotatable bonds is 1. The lowest BCUT2D eigenvalue weighted by Crippen LogP contribution is -2.43. The van der Waals surface area contributed by atoms with Gasteiger partial charge in [0.2, 0.25) is 11.8 Å². The van der Waals surface area contributed by atoms with E-state index in [2.05, 4.69) is 5.32 Å². The van der Waals surface area contributed by atoms with Crippen LogP contribution < -0.4 is 10.2 Å². The third kappa shape index (κ3) is 2.86. The molecule has 0 radical (unpaired) electrons. The molecule has 1 aromatic rings. The largest absolute Gasteiger partial charge is 0.397 e. The first-order valence-corrected chi connectivity index (χ1v) is 5.33. The number of halogens is 5. The molecule has 2 rings (SSSR count). The summed E-state index contributed by atoms with van der Waals surface area (Å²) in [6.45, 7) is -0.688. The Morgan fingerprint density at radius 3 is 2.45 bits per heavy atom. The summed E-state index contributed by atoms with van der Waals surface area (Å²) in [5.41, 5.74) is -0.562. The third-order valence-electron chi connectivity index (χ3n) is 2.56. The molecule has 0 fully saturated rings. The molecule has 108 valence electrons. The Bertz CT molecular complexity index is 585. The van der Waals surface area contributed by atoms with Gasteiger partial charge in [-0.3, -0.25) is 9.59 Å². The number of amides is 2. The maximum atomic E-state index is 13.1. The van der Waals surface area contributed by atoms with E-state index in [0.717, 1.165) is 0 Å². The van der Waals surface area contributed by atoms with Crippen LogP contribution in [0.1, 0.15) is 6.42 Å². The summed E-state index contributed by atoms with van der Waals surface area (Å²) in [7, 11) is 0. The van der Waals surface area contributed by atoms with E-state index in [0.29, 0.717) is 17.0 Å². The average molecular weight is 294 g/mol. The highest BCUT2D eigenvalue weighted by Gasteiger charge is 2.36. The predicted octanol–water partition coefficient (Wildman–Crippen LogP) is 2.20. The number of nitrogens with zero attached hydrogens (tertiary/aromatic N) is 1. The molecule has 9 heteroatoms. The summed E-state index contributed by atoms with van der Waals surface area (Å²) < 4.78 is 62.7. The van der Waals surface area contributed by atoms with Crippen molar-refractivity contribution in [3.05, 3.63) is 23.8 Å². The van der Waals surface area contributed by atoms with Crippen molar-refractivity contribution in [1.82, 2.24) is 0 Å². The lowest BCUT2D eigenvalue weighted by molar-refractivity contribution is -0.152. The van der Waals surface area contributed by atoms with E-state index in [1.807, 2.05) is 0 Å². The van der Waals surface area contributed by atoms with Gasteiger partial charge in [-0.05, 0) is 0 Å². The first kappa shape index (κ1) is 14.2. The van der Waals surface area contributed by atoms with Crippen molar-refractivity contribution < 1.29 is 31.5 Å². The zero-order chi connectivity index (χ0) is 15.1. The highest BCUT2D eigenvalue weighted by atomic mass is 19.4. The number of carbonyl (C=O) groups excluding carboxylic acids is 2. The molecule has 2 amide bonds. The van der Waals surface area contributed by atoms with Crippen LogP contribution in [0.4, 0.5) is 33.3 Å². The summed E-state index contributed by atoms with van der Waals surface area (Å²) in [4.78, 5) is 23.3. The number of nitrogens with one attached hydrogen (secondary N) is 1. The van der Waals surface area contributed by atoms with E-state index >= 15 is 0 Å². The second-order valence-electron chi connectivity index (χ2n) is 4.10. The Labute approximate surface area is 109 Å². The summed E-state index contributed by atoms with van der Waals surface area (Å²) >= 11 is 0. The molecule has 0 spiro atoms. The minimum absolute atomic E-state index is 0.254. The maximum Gasteiger partial charge on any atom is 0.397 e. The van der Waals surface area contributed by atoms with E-state index in [1.165, 1.54) is 0 Å². The summed E-state index contributed by atoms with van der Waals surface area (Å²) in [5.74, 6) is -4.82. The zero-order valence-electron chi connectivity index (χ0n) is 9.72. The number of alkyl halides is 3. The molecule has 4 nitrogen and oxygen atoms in total. The zero-order valence-corrected chi connectivity index (χ0v) is 9.72. The Kier molecular flexibility index (Phi) is 3.36. The maximum absolute atomic E-state index is 13.1. The average Bonchev–Trinajstić information content (AvgIpc) is 2.28.